The quantitative estimate of drug-likeness (QED) is 0.893. The molecule has 1 saturated heterocycles. The lowest BCUT2D eigenvalue weighted by molar-refractivity contribution is 0.367. The van der Waals surface area contributed by atoms with E-state index in [9.17, 15) is 0 Å². The molecular weight excluding hydrogens is 224 g/mol. The molecule has 1 aromatic carbocycles. The Labute approximate surface area is 110 Å². The molecule has 2 rings (SSSR count). The van der Waals surface area contributed by atoms with Crippen LogP contribution < -0.4 is 15.4 Å². The number of anilines is 1. The van der Waals surface area contributed by atoms with Crippen molar-refractivity contribution in [1.29, 1.82) is 0 Å². The highest BCUT2D eigenvalue weighted by atomic mass is 16.5. The first kappa shape index (κ1) is 13.2. The second-order valence-corrected chi connectivity index (χ2v) is 5.70. The van der Waals surface area contributed by atoms with Crippen molar-refractivity contribution in [3.05, 3.63) is 23.8 Å². The molecule has 100 valence electrons. The molecule has 0 saturated carbocycles. The molecule has 3 nitrogen and oxygen atoms in total. The Hall–Kier alpha value is -1.22. The Morgan fingerprint density at radius 1 is 1.44 bits per heavy atom. The van der Waals surface area contributed by atoms with Gasteiger partial charge in [-0.3, -0.25) is 0 Å². The smallest absolute Gasteiger partial charge is 0.142 e. The SMILES string of the molecule is COc1ccc(C)cc1N1CCC(CN)C1(C)C. The lowest BCUT2D eigenvalue weighted by Gasteiger charge is -2.38. The molecule has 0 bridgehead atoms. The van der Waals surface area contributed by atoms with Crippen molar-refractivity contribution in [2.45, 2.75) is 32.7 Å². The molecule has 0 aliphatic carbocycles. The maximum absolute atomic E-state index is 5.89. The number of rotatable bonds is 3. The van der Waals surface area contributed by atoms with Gasteiger partial charge in [0.05, 0.1) is 12.8 Å². The van der Waals surface area contributed by atoms with Crippen LogP contribution in [0, 0.1) is 12.8 Å². The number of hydrogen-bond donors (Lipinski definition) is 1. The van der Waals surface area contributed by atoms with E-state index in [1.54, 1.807) is 7.11 Å². The van der Waals surface area contributed by atoms with E-state index in [4.69, 9.17) is 10.5 Å². The van der Waals surface area contributed by atoms with Gasteiger partial charge in [0.15, 0.2) is 0 Å². The van der Waals surface area contributed by atoms with Gasteiger partial charge in [0.25, 0.3) is 0 Å². The number of hydrogen-bond acceptors (Lipinski definition) is 3. The molecule has 18 heavy (non-hydrogen) atoms. The Morgan fingerprint density at radius 3 is 2.72 bits per heavy atom. The molecular formula is C15H24N2O. The minimum absolute atomic E-state index is 0.0931. The zero-order valence-electron chi connectivity index (χ0n) is 11.9. The third-order valence-electron chi connectivity index (χ3n) is 4.31. The molecule has 1 aliphatic heterocycles. The van der Waals surface area contributed by atoms with Crippen molar-refractivity contribution in [3.8, 4) is 5.75 Å². The van der Waals surface area contributed by atoms with Crippen LogP contribution >= 0.6 is 0 Å². The number of nitrogens with zero attached hydrogens (tertiary/aromatic N) is 1. The highest BCUT2D eigenvalue weighted by Gasteiger charge is 2.41. The molecule has 3 heteroatoms. The van der Waals surface area contributed by atoms with Gasteiger partial charge in [-0.25, -0.2) is 0 Å². The summed E-state index contributed by atoms with van der Waals surface area (Å²) in [6.07, 6.45) is 1.15. The van der Waals surface area contributed by atoms with Crippen molar-refractivity contribution in [1.82, 2.24) is 0 Å². The summed E-state index contributed by atoms with van der Waals surface area (Å²) in [6.45, 7) is 8.47. The first-order valence-electron chi connectivity index (χ1n) is 6.63. The number of nitrogens with two attached hydrogens (primary N) is 1. The summed E-state index contributed by atoms with van der Waals surface area (Å²) in [5.41, 5.74) is 8.44. The molecule has 1 fully saturated rings. The molecule has 0 aromatic heterocycles. The molecule has 1 aromatic rings. The summed E-state index contributed by atoms with van der Waals surface area (Å²) in [4.78, 5) is 2.44. The Morgan fingerprint density at radius 2 is 2.17 bits per heavy atom. The zero-order chi connectivity index (χ0) is 13.3. The highest BCUT2D eigenvalue weighted by molar-refractivity contribution is 5.62. The lowest BCUT2D eigenvalue weighted by Crippen LogP contribution is -2.45. The van der Waals surface area contributed by atoms with Gasteiger partial charge in [0, 0.05) is 12.1 Å². The predicted molar refractivity (Wildman–Crippen MR) is 76.3 cm³/mol. The third kappa shape index (κ3) is 2.07. The summed E-state index contributed by atoms with van der Waals surface area (Å²) in [6, 6.07) is 6.35. The average Bonchev–Trinajstić information content (AvgIpc) is 2.63. The Bertz CT molecular complexity index is 429. The van der Waals surface area contributed by atoms with Crippen molar-refractivity contribution in [3.63, 3.8) is 0 Å². The van der Waals surface area contributed by atoms with E-state index < -0.39 is 0 Å². The van der Waals surface area contributed by atoms with Crippen LogP contribution in [0.2, 0.25) is 0 Å². The predicted octanol–water partition coefficient (Wildman–Crippen LogP) is 2.57. The van der Waals surface area contributed by atoms with Gasteiger partial charge in [-0.15, -0.1) is 0 Å². The van der Waals surface area contributed by atoms with Crippen LogP contribution in [-0.4, -0.2) is 25.7 Å². The first-order chi connectivity index (χ1) is 8.50. The van der Waals surface area contributed by atoms with Crippen LogP contribution in [0.3, 0.4) is 0 Å². The molecule has 1 heterocycles. The van der Waals surface area contributed by atoms with E-state index in [2.05, 4.69) is 43.9 Å². The fourth-order valence-electron chi connectivity index (χ4n) is 2.99. The van der Waals surface area contributed by atoms with Crippen LogP contribution in [0.15, 0.2) is 18.2 Å². The van der Waals surface area contributed by atoms with Crippen LogP contribution in [0.5, 0.6) is 5.75 Å². The second-order valence-electron chi connectivity index (χ2n) is 5.70. The maximum atomic E-state index is 5.89. The Kier molecular flexibility index (Phi) is 3.53. The first-order valence-corrected chi connectivity index (χ1v) is 6.63. The molecule has 1 aliphatic rings. The van der Waals surface area contributed by atoms with Crippen LogP contribution in [-0.2, 0) is 0 Å². The van der Waals surface area contributed by atoms with E-state index in [-0.39, 0.29) is 5.54 Å². The molecule has 1 unspecified atom stereocenters. The largest absolute Gasteiger partial charge is 0.495 e. The average molecular weight is 248 g/mol. The number of ether oxygens (including phenoxy) is 1. The fourth-order valence-corrected chi connectivity index (χ4v) is 2.99. The van der Waals surface area contributed by atoms with E-state index in [0.717, 1.165) is 25.3 Å². The summed E-state index contributed by atoms with van der Waals surface area (Å²) in [5.74, 6) is 1.49. The van der Waals surface area contributed by atoms with E-state index in [0.29, 0.717) is 5.92 Å². The van der Waals surface area contributed by atoms with Crippen molar-refractivity contribution in [2.75, 3.05) is 25.1 Å². The summed E-state index contributed by atoms with van der Waals surface area (Å²) in [5, 5.41) is 0. The number of methoxy groups -OCH3 is 1. The summed E-state index contributed by atoms with van der Waals surface area (Å²) in [7, 11) is 1.73. The topological polar surface area (TPSA) is 38.5 Å². The van der Waals surface area contributed by atoms with Gasteiger partial charge < -0.3 is 15.4 Å². The molecule has 0 amide bonds. The maximum Gasteiger partial charge on any atom is 0.142 e. The van der Waals surface area contributed by atoms with E-state index in [1.165, 1.54) is 11.3 Å². The normalized spacial score (nSPS) is 22.3. The minimum Gasteiger partial charge on any atom is -0.495 e. The van der Waals surface area contributed by atoms with Gasteiger partial charge in [0.1, 0.15) is 5.75 Å². The standard InChI is InChI=1S/C15H24N2O/c1-11-5-6-14(18-4)13(9-11)17-8-7-12(10-16)15(17,2)3/h5-6,9,12H,7-8,10,16H2,1-4H3. The van der Waals surface area contributed by atoms with E-state index in [1.807, 2.05) is 0 Å². The van der Waals surface area contributed by atoms with Crippen molar-refractivity contribution in [2.24, 2.45) is 11.7 Å². The number of aryl methyl sites for hydroxylation is 1. The van der Waals surface area contributed by atoms with Crippen molar-refractivity contribution < 1.29 is 4.74 Å². The minimum atomic E-state index is 0.0931. The third-order valence-corrected chi connectivity index (χ3v) is 4.31. The van der Waals surface area contributed by atoms with Gasteiger partial charge in [-0.05, 0) is 57.4 Å². The van der Waals surface area contributed by atoms with Gasteiger partial charge in [0.2, 0.25) is 0 Å². The van der Waals surface area contributed by atoms with Crippen LogP contribution in [0.4, 0.5) is 5.69 Å². The van der Waals surface area contributed by atoms with Gasteiger partial charge in [-0.1, -0.05) is 6.07 Å². The van der Waals surface area contributed by atoms with Gasteiger partial charge >= 0.3 is 0 Å². The van der Waals surface area contributed by atoms with Gasteiger partial charge in [-0.2, -0.15) is 0 Å². The van der Waals surface area contributed by atoms with Crippen LogP contribution in [0.25, 0.3) is 0 Å². The zero-order valence-corrected chi connectivity index (χ0v) is 11.9. The Balaban J connectivity index is 2.40. The molecule has 1 atom stereocenters. The molecule has 0 spiro atoms. The summed E-state index contributed by atoms with van der Waals surface area (Å²) < 4.78 is 5.50. The fraction of sp³-hybridized carbons (Fsp3) is 0.600. The lowest BCUT2D eigenvalue weighted by atomic mass is 9.88. The summed E-state index contributed by atoms with van der Waals surface area (Å²) >= 11 is 0. The highest BCUT2D eigenvalue weighted by Crippen LogP contribution is 2.41. The van der Waals surface area contributed by atoms with E-state index >= 15 is 0 Å². The number of benzene rings is 1. The molecule has 0 radical (unpaired) electrons. The second kappa shape index (κ2) is 4.81. The van der Waals surface area contributed by atoms with Crippen molar-refractivity contribution >= 4 is 5.69 Å². The molecule has 2 N–H and O–H groups in total. The van der Waals surface area contributed by atoms with Crippen LogP contribution in [0.1, 0.15) is 25.8 Å². The monoisotopic (exact) mass is 248 g/mol.